The van der Waals surface area contributed by atoms with Gasteiger partial charge in [0.2, 0.25) is 5.89 Å². The van der Waals surface area contributed by atoms with Gasteiger partial charge in [0.1, 0.15) is 23.2 Å². The zero-order valence-electron chi connectivity index (χ0n) is 24.8. The lowest BCUT2D eigenvalue weighted by atomic mass is 9.77. The van der Waals surface area contributed by atoms with Gasteiger partial charge in [-0.05, 0) is 59.2 Å². The van der Waals surface area contributed by atoms with Gasteiger partial charge in [-0.1, -0.05) is 36.4 Å². The molecule has 4 aromatic carbocycles. The van der Waals surface area contributed by atoms with Crippen molar-refractivity contribution in [1.29, 1.82) is 0 Å². The third-order valence-electron chi connectivity index (χ3n) is 7.26. The predicted molar refractivity (Wildman–Crippen MR) is 152 cm³/mol. The molecule has 0 aliphatic rings. The lowest BCUT2D eigenvalue weighted by Gasteiger charge is -2.37. The second kappa shape index (κ2) is 13.2. The topological polar surface area (TPSA) is 77.2 Å². The van der Waals surface area contributed by atoms with E-state index in [1.165, 1.54) is 19.1 Å². The zero-order valence-corrected chi connectivity index (χ0v) is 24.8. The summed E-state index contributed by atoms with van der Waals surface area (Å²) in [5.41, 5.74) is -5.37. The number of carbonyl (C=O) groups excluding carboxylic acids is 1. The minimum Gasteiger partial charge on any atom is -0.428 e. The summed E-state index contributed by atoms with van der Waals surface area (Å²) in [5.74, 6) is -6.71. The van der Waals surface area contributed by atoms with Crippen LogP contribution in [0.2, 0.25) is 0 Å². The zero-order chi connectivity index (χ0) is 35.7. The Hall–Kier alpha value is -5.41. The molecule has 6 nitrogen and oxygen atoms in total. The van der Waals surface area contributed by atoms with Crippen LogP contribution in [0.15, 0.2) is 89.3 Å². The molecule has 5 aromatic rings. The summed E-state index contributed by atoms with van der Waals surface area (Å²) < 4.78 is 149. The largest absolute Gasteiger partial charge is 0.461 e. The fourth-order valence-corrected chi connectivity index (χ4v) is 5.04. The molecule has 256 valence electrons. The molecule has 1 N–H and O–H groups in total. The molecule has 0 bridgehead atoms. The number of alkyl halides is 7. The van der Waals surface area contributed by atoms with Gasteiger partial charge in [0.05, 0.1) is 16.7 Å². The van der Waals surface area contributed by atoms with E-state index in [0.717, 1.165) is 30.3 Å². The average Bonchev–Trinajstić information content (AvgIpc) is 3.46. The minimum absolute atomic E-state index is 0.0207. The summed E-state index contributed by atoms with van der Waals surface area (Å²) in [5, 5.41) is 9.91. The first-order chi connectivity index (χ1) is 23.0. The SMILES string of the molecule is Cc1nnc(-c2cc([C@@](Cc3ccccc3)(NC(=O)c3ccc(F)c(C(F)(F)F)c3)c3cc(F)cc(OC(F)(F)C(F)F)c3)ccc2F)o1. The molecule has 0 spiro atoms. The number of hydrogen-bond donors (Lipinski definition) is 1. The van der Waals surface area contributed by atoms with Gasteiger partial charge in [-0.3, -0.25) is 4.79 Å². The van der Waals surface area contributed by atoms with Gasteiger partial charge < -0.3 is 14.5 Å². The van der Waals surface area contributed by atoms with E-state index in [9.17, 15) is 39.9 Å². The predicted octanol–water partition coefficient (Wildman–Crippen LogP) is 8.63. The van der Waals surface area contributed by atoms with E-state index in [1.807, 2.05) is 0 Å². The van der Waals surface area contributed by atoms with Crippen molar-refractivity contribution < 1.29 is 57.9 Å². The smallest absolute Gasteiger partial charge is 0.428 e. The van der Waals surface area contributed by atoms with Gasteiger partial charge in [-0.25, -0.2) is 13.2 Å². The highest BCUT2D eigenvalue weighted by Crippen LogP contribution is 2.40. The summed E-state index contributed by atoms with van der Waals surface area (Å²) in [7, 11) is 0. The highest BCUT2D eigenvalue weighted by Gasteiger charge is 2.45. The Morgan fingerprint density at radius 3 is 2.16 bits per heavy atom. The molecule has 0 aliphatic heterocycles. The van der Waals surface area contributed by atoms with Crippen LogP contribution >= 0.6 is 0 Å². The second-order valence-corrected chi connectivity index (χ2v) is 10.7. The van der Waals surface area contributed by atoms with E-state index in [4.69, 9.17) is 4.42 Å². The number of rotatable bonds is 10. The molecule has 16 heteroatoms. The summed E-state index contributed by atoms with van der Waals surface area (Å²) >= 11 is 0. The van der Waals surface area contributed by atoms with Gasteiger partial charge in [-0.15, -0.1) is 10.2 Å². The Balaban J connectivity index is 1.79. The highest BCUT2D eigenvalue weighted by atomic mass is 19.4. The lowest BCUT2D eigenvalue weighted by molar-refractivity contribution is -0.253. The van der Waals surface area contributed by atoms with Crippen LogP contribution in [-0.2, 0) is 18.1 Å². The monoisotopic (exact) mass is 697 g/mol. The highest BCUT2D eigenvalue weighted by molar-refractivity contribution is 5.95. The molecule has 1 heterocycles. The van der Waals surface area contributed by atoms with Crippen LogP contribution < -0.4 is 10.1 Å². The number of aryl methyl sites for hydroxylation is 1. The van der Waals surface area contributed by atoms with Crippen molar-refractivity contribution in [2.75, 3.05) is 0 Å². The molecule has 1 aromatic heterocycles. The van der Waals surface area contributed by atoms with E-state index in [-0.39, 0.29) is 29.0 Å². The third-order valence-corrected chi connectivity index (χ3v) is 7.26. The van der Waals surface area contributed by atoms with Crippen LogP contribution in [0, 0.1) is 24.4 Å². The summed E-state index contributed by atoms with van der Waals surface area (Å²) in [6.45, 7) is 1.40. The van der Waals surface area contributed by atoms with E-state index in [0.29, 0.717) is 23.8 Å². The summed E-state index contributed by atoms with van der Waals surface area (Å²) in [6.07, 6.45) is -15.1. The van der Waals surface area contributed by atoms with Crippen molar-refractivity contribution >= 4 is 5.91 Å². The van der Waals surface area contributed by atoms with Crippen molar-refractivity contribution in [3.8, 4) is 17.2 Å². The summed E-state index contributed by atoms with van der Waals surface area (Å²) in [6, 6.07) is 14.0. The van der Waals surface area contributed by atoms with Gasteiger partial charge in [-0.2, -0.15) is 30.7 Å². The average molecular weight is 698 g/mol. The van der Waals surface area contributed by atoms with E-state index in [2.05, 4.69) is 20.3 Å². The van der Waals surface area contributed by atoms with Crippen LogP contribution in [0.5, 0.6) is 5.75 Å². The van der Waals surface area contributed by atoms with Gasteiger partial charge in [0.15, 0.2) is 0 Å². The van der Waals surface area contributed by atoms with Crippen molar-refractivity contribution in [3.63, 3.8) is 0 Å². The lowest BCUT2D eigenvalue weighted by Crippen LogP contribution is -2.49. The molecular weight excluding hydrogens is 676 g/mol. The van der Waals surface area contributed by atoms with Crippen LogP contribution in [-0.4, -0.2) is 28.6 Å². The van der Waals surface area contributed by atoms with Crippen LogP contribution in [0.1, 0.15) is 38.5 Å². The van der Waals surface area contributed by atoms with Crippen molar-refractivity contribution in [1.82, 2.24) is 15.5 Å². The molecule has 1 amide bonds. The van der Waals surface area contributed by atoms with Gasteiger partial charge >= 0.3 is 18.7 Å². The van der Waals surface area contributed by atoms with Crippen molar-refractivity contribution in [2.45, 2.75) is 37.6 Å². The molecule has 0 unspecified atom stereocenters. The molecule has 1 atom stereocenters. The standard InChI is InChI=1S/C33H21F10N3O3/c1-17-45-46-29(48-17)24-14-20(8-10-26(24)35)31(16-18-5-3-2-4-6-18,21-12-22(34)15-23(13-21)49-33(42,43)30(37)38)44-28(47)19-7-9-27(36)25(11-19)32(39,40)41/h2-15,30H,16H2,1H3,(H,44,47)/t31-/m1/s1. The third kappa shape index (κ3) is 7.52. The fraction of sp³-hybridized carbons (Fsp3) is 0.182. The van der Waals surface area contributed by atoms with Crippen molar-refractivity contribution in [3.05, 3.63) is 136 Å². The Morgan fingerprint density at radius 2 is 1.53 bits per heavy atom. The maximum Gasteiger partial charge on any atom is 0.461 e. The first kappa shape index (κ1) is 34.9. The van der Waals surface area contributed by atoms with Crippen LogP contribution in [0.3, 0.4) is 0 Å². The van der Waals surface area contributed by atoms with Crippen molar-refractivity contribution in [2.24, 2.45) is 0 Å². The molecule has 0 fully saturated rings. The van der Waals surface area contributed by atoms with Crippen LogP contribution in [0.25, 0.3) is 11.5 Å². The normalized spacial score (nSPS) is 13.3. The number of nitrogens with one attached hydrogen (secondary N) is 1. The molecular formula is C33H21F10N3O3. The Bertz CT molecular complexity index is 1980. The molecule has 5 rings (SSSR count). The molecule has 0 aliphatic carbocycles. The Morgan fingerprint density at radius 1 is 0.837 bits per heavy atom. The maximum atomic E-state index is 15.2. The van der Waals surface area contributed by atoms with E-state index >= 15 is 8.78 Å². The van der Waals surface area contributed by atoms with Crippen LogP contribution in [0.4, 0.5) is 43.9 Å². The molecule has 49 heavy (non-hydrogen) atoms. The molecule has 0 saturated carbocycles. The molecule has 0 radical (unpaired) electrons. The number of carbonyl (C=O) groups is 1. The Labute approximate surface area is 270 Å². The number of amides is 1. The maximum absolute atomic E-state index is 15.2. The van der Waals surface area contributed by atoms with E-state index < -0.39 is 76.5 Å². The first-order valence-corrected chi connectivity index (χ1v) is 14.0. The Kier molecular flexibility index (Phi) is 9.43. The summed E-state index contributed by atoms with van der Waals surface area (Å²) in [4.78, 5) is 13.8. The van der Waals surface area contributed by atoms with Gasteiger partial charge in [0.25, 0.3) is 11.8 Å². The minimum atomic E-state index is -5.22. The fourth-order valence-electron chi connectivity index (χ4n) is 5.04. The van der Waals surface area contributed by atoms with Gasteiger partial charge in [0, 0.05) is 25.0 Å². The number of aromatic nitrogens is 2. The second-order valence-electron chi connectivity index (χ2n) is 10.7. The number of halogens is 10. The molecule has 0 saturated heterocycles. The number of hydrogen-bond acceptors (Lipinski definition) is 5. The quantitative estimate of drug-likeness (QED) is 0.148. The first-order valence-electron chi connectivity index (χ1n) is 14.0. The number of nitrogens with zero attached hydrogens (tertiary/aromatic N) is 2. The number of benzene rings is 4. The number of ether oxygens (including phenoxy) is 1. The van der Waals surface area contributed by atoms with E-state index in [1.54, 1.807) is 18.2 Å².